The molecule has 0 saturated carbocycles. The summed E-state index contributed by atoms with van der Waals surface area (Å²) in [6.45, 7) is 6.01. The molecule has 0 spiro atoms. The zero-order valence-electron chi connectivity index (χ0n) is 14.6. The van der Waals surface area contributed by atoms with E-state index in [2.05, 4.69) is 24.3 Å². The Hall–Kier alpha value is -2.95. The molecule has 1 aromatic heterocycles. The number of carbonyl (C=O) groups is 1. The SMILES string of the molecule is Cc1cccc(C(C)C)c1NC(=O)Cn1ncc2ccccc2c1=O. The first kappa shape index (κ1) is 16.9. The summed E-state index contributed by atoms with van der Waals surface area (Å²) in [7, 11) is 0. The highest BCUT2D eigenvalue weighted by atomic mass is 16.2. The molecule has 0 radical (unpaired) electrons. The van der Waals surface area contributed by atoms with Gasteiger partial charge in [0.25, 0.3) is 5.56 Å². The van der Waals surface area contributed by atoms with Crippen molar-refractivity contribution in [2.45, 2.75) is 33.2 Å². The molecule has 0 aliphatic rings. The molecule has 2 aromatic carbocycles. The summed E-state index contributed by atoms with van der Waals surface area (Å²) in [6.07, 6.45) is 1.61. The van der Waals surface area contributed by atoms with Crippen molar-refractivity contribution in [1.29, 1.82) is 0 Å². The smallest absolute Gasteiger partial charge is 0.275 e. The van der Waals surface area contributed by atoms with Gasteiger partial charge < -0.3 is 5.32 Å². The molecule has 3 rings (SSSR count). The number of nitrogens with one attached hydrogen (secondary N) is 1. The molecule has 0 unspecified atom stereocenters. The molecule has 0 atom stereocenters. The van der Waals surface area contributed by atoms with Gasteiger partial charge in [-0.3, -0.25) is 9.59 Å². The van der Waals surface area contributed by atoms with Gasteiger partial charge in [0.05, 0.1) is 11.6 Å². The summed E-state index contributed by atoms with van der Waals surface area (Å²) in [6, 6.07) is 13.2. The largest absolute Gasteiger partial charge is 0.324 e. The monoisotopic (exact) mass is 335 g/mol. The second-order valence-electron chi connectivity index (χ2n) is 6.44. The highest BCUT2D eigenvalue weighted by molar-refractivity contribution is 5.92. The van der Waals surface area contributed by atoms with Gasteiger partial charge in [-0.05, 0) is 30.0 Å². The molecule has 5 nitrogen and oxygen atoms in total. The van der Waals surface area contributed by atoms with Crippen LogP contribution in [-0.2, 0) is 11.3 Å². The van der Waals surface area contributed by atoms with Crippen molar-refractivity contribution < 1.29 is 4.79 Å². The fourth-order valence-corrected chi connectivity index (χ4v) is 2.90. The van der Waals surface area contributed by atoms with E-state index in [1.54, 1.807) is 18.3 Å². The van der Waals surface area contributed by atoms with E-state index in [0.717, 1.165) is 22.2 Å². The Bertz CT molecular complexity index is 990. The standard InChI is InChI=1S/C20H21N3O2/c1-13(2)16-10-6-7-14(3)19(16)22-18(24)12-23-20(25)17-9-5-4-8-15(17)11-21-23/h4-11,13H,12H2,1-3H3,(H,22,24). The van der Waals surface area contributed by atoms with Gasteiger partial charge in [0.15, 0.2) is 0 Å². The van der Waals surface area contributed by atoms with E-state index in [9.17, 15) is 9.59 Å². The summed E-state index contributed by atoms with van der Waals surface area (Å²) in [5.41, 5.74) is 2.63. The first-order valence-electron chi connectivity index (χ1n) is 8.31. The van der Waals surface area contributed by atoms with Crippen molar-refractivity contribution in [1.82, 2.24) is 9.78 Å². The normalized spacial score (nSPS) is 11.0. The Balaban J connectivity index is 1.87. The Morgan fingerprint density at radius 2 is 1.92 bits per heavy atom. The molecule has 3 aromatic rings. The minimum atomic E-state index is -0.263. The van der Waals surface area contributed by atoms with Crippen molar-refractivity contribution in [3.63, 3.8) is 0 Å². The van der Waals surface area contributed by atoms with Gasteiger partial charge in [-0.1, -0.05) is 50.2 Å². The fraction of sp³-hybridized carbons (Fsp3) is 0.250. The number of carbonyl (C=O) groups excluding carboxylic acids is 1. The number of hydrogen-bond acceptors (Lipinski definition) is 3. The molecule has 128 valence electrons. The van der Waals surface area contributed by atoms with E-state index < -0.39 is 0 Å². The predicted molar refractivity (Wildman–Crippen MR) is 99.9 cm³/mol. The van der Waals surface area contributed by atoms with Crippen LogP contribution >= 0.6 is 0 Å². The molecule has 0 bridgehead atoms. The van der Waals surface area contributed by atoms with Crippen LogP contribution in [0.5, 0.6) is 0 Å². The molecular formula is C20H21N3O2. The number of aromatic nitrogens is 2. The molecule has 0 saturated heterocycles. The lowest BCUT2D eigenvalue weighted by Gasteiger charge is -2.16. The highest BCUT2D eigenvalue weighted by Gasteiger charge is 2.13. The first-order valence-corrected chi connectivity index (χ1v) is 8.31. The second-order valence-corrected chi connectivity index (χ2v) is 6.44. The van der Waals surface area contributed by atoms with E-state index in [4.69, 9.17) is 0 Å². The Morgan fingerprint density at radius 1 is 1.16 bits per heavy atom. The summed E-state index contributed by atoms with van der Waals surface area (Å²) in [5.74, 6) is 0.0257. The zero-order chi connectivity index (χ0) is 18.0. The average molecular weight is 335 g/mol. The topological polar surface area (TPSA) is 64.0 Å². The van der Waals surface area contributed by atoms with Crippen molar-refractivity contribution in [2.24, 2.45) is 0 Å². The lowest BCUT2D eigenvalue weighted by molar-refractivity contribution is -0.117. The van der Waals surface area contributed by atoms with Gasteiger partial charge >= 0.3 is 0 Å². The quantitative estimate of drug-likeness (QED) is 0.794. The van der Waals surface area contributed by atoms with Crippen molar-refractivity contribution >= 4 is 22.4 Å². The van der Waals surface area contributed by atoms with Crippen LogP contribution in [0.3, 0.4) is 0 Å². The van der Waals surface area contributed by atoms with Gasteiger partial charge in [-0.2, -0.15) is 5.10 Å². The van der Waals surface area contributed by atoms with Crippen molar-refractivity contribution in [3.8, 4) is 0 Å². The first-order chi connectivity index (χ1) is 12.0. The number of amides is 1. The molecule has 0 aliphatic heterocycles. The number of rotatable bonds is 4. The fourth-order valence-electron chi connectivity index (χ4n) is 2.90. The Kier molecular flexibility index (Phi) is 4.65. The van der Waals surface area contributed by atoms with Crippen LogP contribution in [0.15, 0.2) is 53.5 Å². The van der Waals surface area contributed by atoms with Gasteiger partial charge in [0, 0.05) is 11.1 Å². The molecule has 0 fully saturated rings. The third-order valence-electron chi connectivity index (χ3n) is 4.25. The number of benzene rings is 2. The van der Waals surface area contributed by atoms with E-state index in [0.29, 0.717) is 5.39 Å². The number of aryl methyl sites for hydroxylation is 1. The molecule has 1 N–H and O–H groups in total. The minimum absolute atomic E-state index is 0.116. The van der Waals surface area contributed by atoms with Crippen LogP contribution in [-0.4, -0.2) is 15.7 Å². The summed E-state index contributed by atoms with van der Waals surface area (Å²) >= 11 is 0. The van der Waals surface area contributed by atoms with E-state index in [-0.39, 0.29) is 23.9 Å². The van der Waals surface area contributed by atoms with Crippen LogP contribution < -0.4 is 10.9 Å². The minimum Gasteiger partial charge on any atom is -0.324 e. The Labute approximate surface area is 146 Å². The second kappa shape index (κ2) is 6.89. The van der Waals surface area contributed by atoms with Gasteiger partial charge in [0.1, 0.15) is 6.54 Å². The molecule has 5 heteroatoms. The van der Waals surface area contributed by atoms with Gasteiger partial charge in [-0.25, -0.2) is 4.68 Å². The average Bonchev–Trinajstić information content (AvgIpc) is 2.59. The van der Waals surface area contributed by atoms with Crippen molar-refractivity contribution in [2.75, 3.05) is 5.32 Å². The van der Waals surface area contributed by atoms with Crippen LogP contribution in [0, 0.1) is 6.92 Å². The zero-order valence-corrected chi connectivity index (χ0v) is 14.6. The van der Waals surface area contributed by atoms with Crippen LogP contribution in [0.2, 0.25) is 0 Å². The van der Waals surface area contributed by atoms with E-state index in [1.807, 2.05) is 37.3 Å². The van der Waals surface area contributed by atoms with Crippen molar-refractivity contribution in [3.05, 3.63) is 70.1 Å². The third kappa shape index (κ3) is 3.45. The lowest BCUT2D eigenvalue weighted by atomic mass is 9.98. The summed E-state index contributed by atoms with van der Waals surface area (Å²) < 4.78 is 1.20. The predicted octanol–water partition coefficient (Wildman–Crippen LogP) is 3.47. The van der Waals surface area contributed by atoms with Crippen LogP contribution in [0.4, 0.5) is 5.69 Å². The number of hydrogen-bond donors (Lipinski definition) is 1. The Morgan fingerprint density at radius 3 is 2.68 bits per heavy atom. The van der Waals surface area contributed by atoms with E-state index >= 15 is 0 Å². The summed E-state index contributed by atoms with van der Waals surface area (Å²) in [4.78, 5) is 25.0. The molecule has 0 aliphatic carbocycles. The maximum Gasteiger partial charge on any atom is 0.275 e. The molecule has 25 heavy (non-hydrogen) atoms. The number of nitrogens with zero attached hydrogens (tertiary/aromatic N) is 2. The van der Waals surface area contributed by atoms with E-state index in [1.165, 1.54) is 4.68 Å². The summed E-state index contributed by atoms with van der Waals surface area (Å²) in [5, 5.41) is 8.38. The number of para-hydroxylation sites is 1. The molecular weight excluding hydrogens is 314 g/mol. The molecule has 1 amide bonds. The maximum absolute atomic E-state index is 12.5. The van der Waals surface area contributed by atoms with Crippen LogP contribution in [0.1, 0.15) is 30.9 Å². The third-order valence-corrected chi connectivity index (χ3v) is 4.25. The molecule has 1 heterocycles. The van der Waals surface area contributed by atoms with Gasteiger partial charge in [-0.15, -0.1) is 0 Å². The number of fused-ring (bicyclic) bond motifs is 1. The number of anilines is 1. The van der Waals surface area contributed by atoms with Crippen LogP contribution in [0.25, 0.3) is 10.8 Å². The van der Waals surface area contributed by atoms with Gasteiger partial charge in [0.2, 0.25) is 5.91 Å². The maximum atomic E-state index is 12.5. The highest BCUT2D eigenvalue weighted by Crippen LogP contribution is 2.27. The lowest BCUT2D eigenvalue weighted by Crippen LogP contribution is -2.30.